The average Bonchev–Trinajstić information content (AvgIpc) is 3.94. The topological polar surface area (TPSA) is 154 Å². The van der Waals surface area contributed by atoms with E-state index in [1.165, 1.54) is 46.2 Å². The number of benzene rings is 2. The number of carbonyl (C=O) groups is 4. The van der Waals surface area contributed by atoms with Crippen LogP contribution in [0.3, 0.4) is 0 Å². The number of nitrogens with zero attached hydrogens (tertiary/aromatic N) is 2. The number of ether oxygens (including phenoxy) is 1. The molecule has 2 aliphatic carbocycles. The number of halogens is 2. The minimum absolute atomic E-state index is 0.00146. The number of sulfonamides is 1. The molecule has 12 nitrogen and oxygen atoms in total. The molecule has 15 heteroatoms. The number of anilines is 1. The van der Waals surface area contributed by atoms with Gasteiger partial charge in [0.2, 0.25) is 21.8 Å². The lowest BCUT2D eigenvalue weighted by atomic mass is 10.0. The Morgan fingerprint density at radius 1 is 1.06 bits per heavy atom. The van der Waals surface area contributed by atoms with Crippen LogP contribution < -0.4 is 15.4 Å². The molecule has 2 aromatic carbocycles. The zero-order valence-electron chi connectivity index (χ0n) is 27.2. The van der Waals surface area contributed by atoms with Gasteiger partial charge in [0.05, 0.1) is 18.3 Å². The molecule has 1 saturated heterocycles. The fraction of sp³-hybridized carbons (Fsp3) is 0.471. The molecule has 6 rings (SSSR count). The van der Waals surface area contributed by atoms with Crippen LogP contribution in [-0.4, -0.2) is 77.6 Å². The molecule has 49 heavy (non-hydrogen) atoms. The van der Waals surface area contributed by atoms with Crippen LogP contribution in [0, 0.1) is 23.5 Å². The lowest BCUT2D eigenvalue weighted by molar-refractivity contribution is -0.140. The first-order valence-electron chi connectivity index (χ1n) is 16.3. The Labute approximate surface area is 283 Å². The molecule has 0 radical (unpaired) electrons. The molecule has 3 fully saturated rings. The van der Waals surface area contributed by atoms with Crippen LogP contribution >= 0.6 is 0 Å². The standard InChI is InChI=1S/C34H39F2N5O7S/c1-4-21-15-34(21,32(44)39-49(46,47)25-12-13-25)38-30(42)28-14-24(48-33(45)40-16-20-6-5-7-27(36)26(20)18-40)17-41(28)31(43)29(19(2)3)37-23-10-8-22(35)9-11-23/h4-11,19,21,24-25,28-29,37H,1,12-18H2,2-3H3,(H,38,42)(H,39,44)/t21?,24-,28+,29+,34?/m1/s1. The van der Waals surface area contributed by atoms with Crippen LogP contribution in [0.5, 0.6) is 0 Å². The van der Waals surface area contributed by atoms with Crippen molar-refractivity contribution in [1.82, 2.24) is 19.8 Å². The van der Waals surface area contributed by atoms with Gasteiger partial charge in [0.25, 0.3) is 5.91 Å². The molecule has 2 unspecified atom stereocenters. The fourth-order valence-electron chi connectivity index (χ4n) is 6.54. The number of hydrogen-bond donors (Lipinski definition) is 3. The second kappa shape index (κ2) is 13.1. The summed E-state index contributed by atoms with van der Waals surface area (Å²) in [5.41, 5.74) is -0.0752. The Morgan fingerprint density at radius 2 is 1.78 bits per heavy atom. The van der Waals surface area contributed by atoms with Gasteiger partial charge in [-0.3, -0.25) is 24.0 Å². The van der Waals surface area contributed by atoms with Crippen molar-refractivity contribution in [1.29, 1.82) is 0 Å². The van der Waals surface area contributed by atoms with Crippen LogP contribution in [0.1, 0.15) is 50.7 Å². The van der Waals surface area contributed by atoms with Gasteiger partial charge in [0.1, 0.15) is 35.4 Å². The highest BCUT2D eigenvalue weighted by Crippen LogP contribution is 2.45. The van der Waals surface area contributed by atoms with E-state index < -0.39 is 80.4 Å². The van der Waals surface area contributed by atoms with E-state index >= 15 is 0 Å². The van der Waals surface area contributed by atoms with Gasteiger partial charge < -0.3 is 20.3 Å². The molecule has 2 heterocycles. The van der Waals surface area contributed by atoms with E-state index in [1.54, 1.807) is 26.0 Å². The van der Waals surface area contributed by atoms with Gasteiger partial charge in [0, 0.05) is 30.1 Å². The Morgan fingerprint density at radius 3 is 2.39 bits per heavy atom. The van der Waals surface area contributed by atoms with E-state index in [0.717, 1.165) is 0 Å². The van der Waals surface area contributed by atoms with Crippen LogP contribution in [0.15, 0.2) is 55.1 Å². The van der Waals surface area contributed by atoms with Gasteiger partial charge >= 0.3 is 6.09 Å². The first-order valence-corrected chi connectivity index (χ1v) is 17.8. The first kappa shape index (κ1) is 34.3. The minimum atomic E-state index is -3.91. The molecular formula is C34H39F2N5O7S. The maximum Gasteiger partial charge on any atom is 0.410 e. The monoisotopic (exact) mass is 699 g/mol. The zero-order valence-corrected chi connectivity index (χ0v) is 28.0. The molecule has 0 aromatic heterocycles. The van der Waals surface area contributed by atoms with Crippen LogP contribution in [0.25, 0.3) is 0 Å². The highest BCUT2D eigenvalue weighted by molar-refractivity contribution is 7.91. The van der Waals surface area contributed by atoms with Gasteiger partial charge in [-0.1, -0.05) is 32.1 Å². The average molecular weight is 700 g/mol. The number of amides is 4. The van der Waals surface area contributed by atoms with Gasteiger partial charge in [-0.15, -0.1) is 6.58 Å². The normalized spacial score (nSPS) is 25.0. The summed E-state index contributed by atoms with van der Waals surface area (Å²) in [6.07, 6.45) is 0.657. The molecule has 2 aliphatic heterocycles. The smallest absolute Gasteiger partial charge is 0.410 e. The minimum Gasteiger partial charge on any atom is -0.444 e. The third-order valence-corrected chi connectivity index (χ3v) is 11.5. The van der Waals surface area contributed by atoms with E-state index in [-0.39, 0.29) is 38.4 Å². The van der Waals surface area contributed by atoms with E-state index in [2.05, 4.69) is 21.9 Å². The SMILES string of the molecule is C=CC1CC1(NC(=O)[C@@H]1C[C@@H](OC(=O)N2Cc3cccc(F)c3C2)CN1C(=O)[C@@H](Nc1ccc(F)cc1)C(C)C)C(=O)NS(=O)(=O)C1CC1. The van der Waals surface area contributed by atoms with Crippen LogP contribution in [0.2, 0.25) is 0 Å². The summed E-state index contributed by atoms with van der Waals surface area (Å²) in [6.45, 7) is 7.29. The fourth-order valence-corrected chi connectivity index (χ4v) is 7.90. The maximum atomic E-state index is 14.4. The Kier molecular flexibility index (Phi) is 9.15. The van der Waals surface area contributed by atoms with Crippen LogP contribution in [-0.2, 0) is 42.2 Å². The summed E-state index contributed by atoms with van der Waals surface area (Å²) < 4.78 is 61.0. The summed E-state index contributed by atoms with van der Waals surface area (Å²) >= 11 is 0. The third-order valence-electron chi connectivity index (χ3n) is 9.65. The van der Waals surface area contributed by atoms with E-state index in [0.29, 0.717) is 29.7 Å². The summed E-state index contributed by atoms with van der Waals surface area (Å²) in [4.78, 5) is 57.4. The molecule has 262 valence electrons. The molecule has 4 aliphatic rings. The Hall–Kier alpha value is -4.53. The number of hydrogen-bond acceptors (Lipinski definition) is 8. The summed E-state index contributed by atoms with van der Waals surface area (Å²) in [7, 11) is -3.91. The van der Waals surface area contributed by atoms with Crippen molar-refractivity contribution in [2.75, 3.05) is 11.9 Å². The number of nitrogens with one attached hydrogen (secondary N) is 3. The number of rotatable bonds is 11. The van der Waals surface area contributed by atoms with E-state index in [9.17, 15) is 36.4 Å². The Bertz CT molecular complexity index is 1780. The summed E-state index contributed by atoms with van der Waals surface area (Å²) in [6, 6.07) is 7.96. The van der Waals surface area contributed by atoms with Crippen LogP contribution in [0.4, 0.5) is 19.3 Å². The molecule has 4 amide bonds. The molecule has 2 saturated carbocycles. The highest BCUT2D eigenvalue weighted by Gasteiger charge is 2.62. The molecule has 2 aromatic rings. The lowest BCUT2D eigenvalue weighted by Crippen LogP contribution is -2.58. The van der Waals surface area contributed by atoms with Crippen molar-refractivity contribution in [3.05, 3.63) is 77.9 Å². The molecule has 0 spiro atoms. The predicted molar refractivity (Wildman–Crippen MR) is 174 cm³/mol. The van der Waals surface area contributed by atoms with E-state index in [4.69, 9.17) is 4.74 Å². The number of carbonyl (C=O) groups excluding carboxylic acids is 4. The van der Waals surface area contributed by atoms with Gasteiger partial charge in [-0.25, -0.2) is 22.0 Å². The number of fused-ring (bicyclic) bond motifs is 1. The van der Waals surface area contributed by atoms with Gasteiger partial charge in [-0.2, -0.15) is 0 Å². The van der Waals surface area contributed by atoms with Crippen molar-refractivity contribution < 1.29 is 41.1 Å². The highest BCUT2D eigenvalue weighted by atomic mass is 32.2. The lowest BCUT2D eigenvalue weighted by Gasteiger charge is -2.31. The largest absolute Gasteiger partial charge is 0.444 e. The second-order valence-corrected chi connectivity index (χ2v) is 15.5. The predicted octanol–water partition coefficient (Wildman–Crippen LogP) is 3.19. The maximum absolute atomic E-state index is 14.4. The van der Waals surface area contributed by atoms with Crippen molar-refractivity contribution >= 4 is 39.5 Å². The molecular weight excluding hydrogens is 660 g/mol. The Balaban J connectivity index is 1.22. The third kappa shape index (κ3) is 6.98. The van der Waals surface area contributed by atoms with Gasteiger partial charge in [0.15, 0.2) is 0 Å². The zero-order chi connectivity index (χ0) is 35.2. The second-order valence-electron chi connectivity index (χ2n) is 13.5. The first-order chi connectivity index (χ1) is 23.2. The quantitative estimate of drug-likeness (QED) is 0.303. The summed E-state index contributed by atoms with van der Waals surface area (Å²) in [5, 5.41) is 5.16. The molecule has 5 atom stereocenters. The summed E-state index contributed by atoms with van der Waals surface area (Å²) in [5.74, 6) is -3.85. The molecule has 0 bridgehead atoms. The van der Waals surface area contributed by atoms with Crippen molar-refractivity contribution in [2.24, 2.45) is 11.8 Å². The van der Waals surface area contributed by atoms with Crippen molar-refractivity contribution in [2.45, 2.75) is 81.6 Å². The van der Waals surface area contributed by atoms with Crippen molar-refractivity contribution in [3.63, 3.8) is 0 Å². The molecule has 3 N–H and O–H groups in total. The van der Waals surface area contributed by atoms with E-state index in [1.807, 2.05) is 0 Å². The van der Waals surface area contributed by atoms with Crippen molar-refractivity contribution in [3.8, 4) is 0 Å². The van der Waals surface area contributed by atoms with Gasteiger partial charge in [-0.05, 0) is 61.1 Å². The number of likely N-dealkylation sites (tertiary alicyclic amines) is 1.